The second-order valence-corrected chi connectivity index (χ2v) is 9.75. The number of aryl methyl sites for hydroxylation is 1. The van der Waals surface area contributed by atoms with Crippen LogP contribution in [0.1, 0.15) is 91.0 Å². The fraction of sp³-hybridized carbons (Fsp3) is 0.571. The van der Waals surface area contributed by atoms with E-state index in [9.17, 15) is 10.1 Å². The number of hydrogen-bond donors (Lipinski definition) is 1. The van der Waals surface area contributed by atoms with E-state index in [2.05, 4.69) is 37.3 Å². The minimum atomic E-state index is -0.215. The summed E-state index contributed by atoms with van der Waals surface area (Å²) in [5, 5.41) is 18.0. The number of amides is 1. The van der Waals surface area contributed by atoms with Crippen LogP contribution in [0.15, 0.2) is 6.07 Å². The predicted molar refractivity (Wildman–Crippen MR) is 107 cm³/mol. The quantitative estimate of drug-likeness (QED) is 0.762. The van der Waals surface area contributed by atoms with E-state index in [1.54, 1.807) is 11.3 Å². The van der Waals surface area contributed by atoms with Crippen molar-refractivity contribution in [1.82, 2.24) is 9.78 Å². The topological polar surface area (TPSA) is 70.7 Å². The Balaban J connectivity index is 1.63. The van der Waals surface area contributed by atoms with Gasteiger partial charge in [0.1, 0.15) is 11.1 Å². The van der Waals surface area contributed by atoms with Crippen LogP contribution in [0.25, 0.3) is 0 Å². The van der Waals surface area contributed by atoms with Crippen LogP contribution in [0.4, 0.5) is 5.00 Å². The highest BCUT2D eigenvalue weighted by Gasteiger charge is 2.33. The molecule has 0 radical (unpaired) electrons. The first-order valence-electron chi connectivity index (χ1n) is 9.85. The number of nitrogens with zero attached hydrogens (tertiary/aromatic N) is 3. The molecule has 6 heteroatoms. The average Bonchev–Trinajstić information content (AvgIpc) is 3.32. The van der Waals surface area contributed by atoms with Gasteiger partial charge in [-0.1, -0.05) is 6.42 Å². The van der Waals surface area contributed by atoms with E-state index in [4.69, 9.17) is 0 Å². The second kappa shape index (κ2) is 6.79. The molecular weight excluding hydrogens is 356 g/mol. The molecule has 0 spiro atoms. The first-order chi connectivity index (χ1) is 12.9. The molecule has 0 aliphatic heterocycles. The Morgan fingerprint density at radius 1 is 1.30 bits per heavy atom. The Morgan fingerprint density at radius 3 is 2.70 bits per heavy atom. The molecule has 1 fully saturated rings. The van der Waals surface area contributed by atoms with Crippen LogP contribution in [-0.4, -0.2) is 15.7 Å². The summed E-state index contributed by atoms with van der Waals surface area (Å²) in [5.74, 6) is 0.304. The summed E-state index contributed by atoms with van der Waals surface area (Å²) in [7, 11) is 0. The monoisotopic (exact) mass is 382 g/mol. The molecule has 0 atom stereocenters. The summed E-state index contributed by atoms with van der Waals surface area (Å²) in [6, 6.07) is 4.26. The van der Waals surface area contributed by atoms with Crippen molar-refractivity contribution < 1.29 is 4.79 Å². The van der Waals surface area contributed by atoms with Crippen LogP contribution in [0.5, 0.6) is 0 Å². The third-order valence-corrected chi connectivity index (χ3v) is 6.57. The Kier molecular flexibility index (Phi) is 4.59. The van der Waals surface area contributed by atoms with E-state index in [0.717, 1.165) is 36.9 Å². The van der Waals surface area contributed by atoms with Crippen molar-refractivity contribution in [2.45, 2.75) is 77.2 Å². The number of fused-ring (bicyclic) bond motifs is 1. The van der Waals surface area contributed by atoms with Crippen molar-refractivity contribution in [2.24, 2.45) is 0 Å². The standard InChI is InChI=1S/C21H26N4OS/c1-21(2,3)25-17(13-9-10-13)11-16(24-25)19(26)23-20-15(12-22)14-7-5-4-6-8-18(14)27-20/h11,13H,4-10H2,1-3H3,(H,23,26). The molecule has 0 bridgehead atoms. The summed E-state index contributed by atoms with van der Waals surface area (Å²) in [4.78, 5) is 14.2. The summed E-state index contributed by atoms with van der Waals surface area (Å²) >= 11 is 1.57. The zero-order valence-electron chi connectivity index (χ0n) is 16.3. The highest BCUT2D eigenvalue weighted by atomic mass is 32.1. The number of nitrogens with one attached hydrogen (secondary N) is 1. The number of anilines is 1. The van der Waals surface area contributed by atoms with Crippen molar-refractivity contribution in [3.63, 3.8) is 0 Å². The Labute approximate surface area is 164 Å². The van der Waals surface area contributed by atoms with Gasteiger partial charge < -0.3 is 5.32 Å². The molecule has 4 rings (SSSR count). The van der Waals surface area contributed by atoms with E-state index >= 15 is 0 Å². The van der Waals surface area contributed by atoms with Gasteiger partial charge in [-0.25, -0.2) is 0 Å². The normalized spacial score (nSPS) is 17.1. The van der Waals surface area contributed by atoms with Crippen LogP contribution in [0, 0.1) is 11.3 Å². The van der Waals surface area contributed by atoms with Gasteiger partial charge in [0.2, 0.25) is 0 Å². The molecule has 5 nitrogen and oxygen atoms in total. The first-order valence-corrected chi connectivity index (χ1v) is 10.7. The molecule has 1 N–H and O–H groups in total. The lowest BCUT2D eigenvalue weighted by atomic mass is 10.1. The lowest BCUT2D eigenvalue weighted by Crippen LogP contribution is -2.25. The summed E-state index contributed by atoms with van der Waals surface area (Å²) in [6.45, 7) is 6.33. The number of aromatic nitrogens is 2. The lowest BCUT2D eigenvalue weighted by molar-refractivity contribution is 0.102. The van der Waals surface area contributed by atoms with E-state index < -0.39 is 0 Å². The molecule has 27 heavy (non-hydrogen) atoms. The highest BCUT2D eigenvalue weighted by molar-refractivity contribution is 7.16. The summed E-state index contributed by atoms with van der Waals surface area (Å²) < 4.78 is 1.99. The number of rotatable bonds is 3. The largest absolute Gasteiger partial charge is 0.311 e. The number of hydrogen-bond acceptors (Lipinski definition) is 4. The van der Waals surface area contributed by atoms with Crippen LogP contribution in [0.2, 0.25) is 0 Å². The third-order valence-electron chi connectivity index (χ3n) is 5.36. The lowest BCUT2D eigenvalue weighted by Gasteiger charge is -2.22. The van der Waals surface area contributed by atoms with Gasteiger partial charge in [-0.05, 0) is 70.9 Å². The minimum absolute atomic E-state index is 0.158. The molecule has 0 unspecified atom stereocenters. The number of carbonyl (C=O) groups is 1. The van der Waals surface area contributed by atoms with E-state index in [1.807, 2.05) is 10.7 Å². The SMILES string of the molecule is CC(C)(C)n1nc(C(=O)Nc2sc3c(c2C#N)CCCCC3)cc1C1CC1. The molecule has 0 aromatic carbocycles. The van der Waals surface area contributed by atoms with Gasteiger partial charge in [0.25, 0.3) is 5.91 Å². The zero-order chi connectivity index (χ0) is 19.2. The number of carbonyl (C=O) groups excluding carboxylic acids is 1. The van der Waals surface area contributed by atoms with Crippen molar-refractivity contribution >= 4 is 22.2 Å². The van der Waals surface area contributed by atoms with Crippen molar-refractivity contribution in [2.75, 3.05) is 5.32 Å². The van der Waals surface area contributed by atoms with Gasteiger partial charge in [-0.2, -0.15) is 10.4 Å². The molecule has 2 heterocycles. The minimum Gasteiger partial charge on any atom is -0.311 e. The molecular formula is C21H26N4OS. The Bertz CT molecular complexity index is 921. The maximum Gasteiger partial charge on any atom is 0.276 e. The Morgan fingerprint density at radius 2 is 2.04 bits per heavy atom. The smallest absolute Gasteiger partial charge is 0.276 e. The molecule has 1 amide bonds. The van der Waals surface area contributed by atoms with E-state index in [1.165, 1.54) is 24.1 Å². The van der Waals surface area contributed by atoms with E-state index in [-0.39, 0.29) is 11.4 Å². The molecule has 2 aliphatic rings. The summed E-state index contributed by atoms with van der Waals surface area (Å²) in [6.07, 6.45) is 7.77. The second-order valence-electron chi connectivity index (χ2n) is 8.65. The van der Waals surface area contributed by atoms with Crippen LogP contribution in [-0.2, 0) is 18.4 Å². The predicted octanol–water partition coefficient (Wildman–Crippen LogP) is 4.97. The Hall–Kier alpha value is -2.13. The first kappa shape index (κ1) is 18.2. The van der Waals surface area contributed by atoms with Gasteiger partial charge in [-0.15, -0.1) is 11.3 Å². The highest BCUT2D eigenvalue weighted by Crippen LogP contribution is 2.42. The zero-order valence-corrected chi connectivity index (χ0v) is 17.1. The van der Waals surface area contributed by atoms with Gasteiger partial charge >= 0.3 is 0 Å². The molecule has 142 valence electrons. The molecule has 2 aliphatic carbocycles. The van der Waals surface area contributed by atoms with Crippen molar-refractivity contribution in [3.05, 3.63) is 33.5 Å². The van der Waals surface area contributed by atoms with Crippen LogP contribution in [0.3, 0.4) is 0 Å². The molecule has 1 saturated carbocycles. The average molecular weight is 383 g/mol. The fourth-order valence-corrected chi connectivity index (χ4v) is 5.06. The van der Waals surface area contributed by atoms with Gasteiger partial charge in [0.15, 0.2) is 5.69 Å². The van der Waals surface area contributed by atoms with Gasteiger partial charge in [0.05, 0.1) is 11.1 Å². The van der Waals surface area contributed by atoms with Crippen LogP contribution < -0.4 is 5.32 Å². The van der Waals surface area contributed by atoms with Gasteiger partial charge in [0, 0.05) is 16.5 Å². The maximum absolute atomic E-state index is 12.9. The number of nitriles is 1. The van der Waals surface area contributed by atoms with Crippen molar-refractivity contribution in [3.8, 4) is 6.07 Å². The van der Waals surface area contributed by atoms with E-state index in [0.29, 0.717) is 22.2 Å². The van der Waals surface area contributed by atoms with Crippen molar-refractivity contribution in [1.29, 1.82) is 5.26 Å². The third kappa shape index (κ3) is 3.53. The molecule has 2 aromatic rings. The number of thiophene rings is 1. The fourth-order valence-electron chi connectivity index (χ4n) is 3.83. The van der Waals surface area contributed by atoms with Gasteiger partial charge in [-0.3, -0.25) is 9.48 Å². The summed E-state index contributed by atoms with van der Waals surface area (Å²) in [5.41, 5.74) is 3.24. The maximum atomic E-state index is 12.9. The molecule has 0 saturated heterocycles. The molecule has 2 aromatic heterocycles. The van der Waals surface area contributed by atoms with Crippen LogP contribution >= 0.6 is 11.3 Å².